The van der Waals surface area contributed by atoms with Crippen molar-refractivity contribution >= 4 is 5.97 Å². The van der Waals surface area contributed by atoms with E-state index in [-0.39, 0.29) is 11.8 Å². The molecule has 7 heteroatoms. The Morgan fingerprint density at radius 1 is 1.56 bits per heavy atom. The third kappa shape index (κ3) is 1.68. The fourth-order valence-electron chi connectivity index (χ4n) is 1.50. The van der Waals surface area contributed by atoms with Crippen LogP contribution in [0.2, 0.25) is 0 Å². The number of aromatic nitrogens is 3. The van der Waals surface area contributed by atoms with Gasteiger partial charge in [0.1, 0.15) is 6.10 Å². The highest BCUT2D eigenvalue weighted by Gasteiger charge is 2.26. The molecule has 2 aliphatic rings. The number of hydrogen-bond donors (Lipinski definition) is 1. The molecule has 0 unspecified atom stereocenters. The van der Waals surface area contributed by atoms with Crippen molar-refractivity contribution in [2.24, 2.45) is 0 Å². The van der Waals surface area contributed by atoms with E-state index >= 15 is 0 Å². The van der Waals surface area contributed by atoms with Crippen LogP contribution in [0.3, 0.4) is 0 Å². The SMILES string of the molecule is O=C(OC1COC1)c1cn(C2CNC2)nn1. The fourth-order valence-corrected chi connectivity index (χ4v) is 1.50. The maximum atomic E-state index is 11.6. The third-order valence-electron chi connectivity index (χ3n) is 2.73. The number of esters is 1. The summed E-state index contributed by atoms with van der Waals surface area (Å²) in [7, 11) is 0. The maximum absolute atomic E-state index is 11.6. The van der Waals surface area contributed by atoms with E-state index < -0.39 is 5.97 Å². The first-order valence-electron chi connectivity index (χ1n) is 5.24. The Hall–Kier alpha value is -1.47. The molecule has 3 heterocycles. The quantitative estimate of drug-likeness (QED) is 0.662. The molecule has 2 fully saturated rings. The van der Waals surface area contributed by atoms with Gasteiger partial charge in [-0.15, -0.1) is 5.10 Å². The zero-order chi connectivity index (χ0) is 11.0. The molecular formula is C9H12N4O3. The molecule has 0 spiro atoms. The largest absolute Gasteiger partial charge is 0.453 e. The molecule has 0 aromatic carbocycles. The summed E-state index contributed by atoms with van der Waals surface area (Å²) in [5.74, 6) is -0.424. The second-order valence-corrected chi connectivity index (χ2v) is 3.96. The zero-order valence-electron chi connectivity index (χ0n) is 8.63. The minimum absolute atomic E-state index is 0.122. The second-order valence-electron chi connectivity index (χ2n) is 3.96. The van der Waals surface area contributed by atoms with Crippen LogP contribution in [0.4, 0.5) is 0 Å². The van der Waals surface area contributed by atoms with Crippen LogP contribution in [0.5, 0.6) is 0 Å². The van der Waals surface area contributed by atoms with Crippen LogP contribution in [0, 0.1) is 0 Å². The summed E-state index contributed by atoms with van der Waals surface area (Å²) >= 11 is 0. The summed E-state index contributed by atoms with van der Waals surface area (Å²) < 4.78 is 11.7. The third-order valence-corrected chi connectivity index (χ3v) is 2.73. The van der Waals surface area contributed by atoms with Gasteiger partial charge in [-0.05, 0) is 0 Å². The van der Waals surface area contributed by atoms with Gasteiger partial charge in [0.05, 0.1) is 25.5 Å². The zero-order valence-corrected chi connectivity index (χ0v) is 8.63. The van der Waals surface area contributed by atoms with Crippen LogP contribution >= 0.6 is 0 Å². The van der Waals surface area contributed by atoms with Crippen molar-refractivity contribution in [1.82, 2.24) is 20.3 Å². The molecule has 0 bridgehead atoms. The van der Waals surface area contributed by atoms with Gasteiger partial charge in [0.15, 0.2) is 5.69 Å². The lowest BCUT2D eigenvalue weighted by Crippen LogP contribution is -2.43. The topological polar surface area (TPSA) is 78.3 Å². The Balaban J connectivity index is 1.63. The van der Waals surface area contributed by atoms with Crippen molar-refractivity contribution in [2.75, 3.05) is 26.3 Å². The Bertz CT molecular complexity index is 397. The Morgan fingerprint density at radius 2 is 2.38 bits per heavy atom. The molecule has 0 atom stereocenters. The number of nitrogens with zero attached hydrogens (tertiary/aromatic N) is 3. The van der Waals surface area contributed by atoms with Crippen LogP contribution < -0.4 is 5.32 Å². The molecule has 2 saturated heterocycles. The van der Waals surface area contributed by atoms with Gasteiger partial charge >= 0.3 is 5.97 Å². The predicted molar refractivity (Wildman–Crippen MR) is 52.0 cm³/mol. The number of nitrogens with one attached hydrogen (secondary N) is 1. The van der Waals surface area contributed by atoms with Crippen molar-refractivity contribution in [3.63, 3.8) is 0 Å². The average molecular weight is 224 g/mol. The summed E-state index contributed by atoms with van der Waals surface area (Å²) in [5.41, 5.74) is 0.263. The molecule has 0 amide bonds. The van der Waals surface area contributed by atoms with E-state index in [0.29, 0.717) is 19.3 Å². The minimum atomic E-state index is -0.424. The molecule has 2 aliphatic heterocycles. The first-order chi connectivity index (χ1) is 7.83. The van der Waals surface area contributed by atoms with Gasteiger partial charge in [-0.3, -0.25) is 0 Å². The summed E-state index contributed by atoms with van der Waals surface area (Å²) in [6.07, 6.45) is 1.51. The molecule has 86 valence electrons. The average Bonchev–Trinajstić information content (AvgIpc) is 2.57. The highest BCUT2D eigenvalue weighted by Crippen LogP contribution is 2.12. The van der Waals surface area contributed by atoms with E-state index in [0.717, 1.165) is 13.1 Å². The Kier molecular flexibility index (Phi) is 2.33. The van der Waals surface area contributed by atoms with Crippen molar-refractivity contribution in [2.45, 2.75) is 12.1 Å². The molecule has 0 aliphatic carbocycles. The summed E-state index contributed by atoms with van der Waals surface area (Å²) in [6.45, 7) is 2.70. The Morgan fingerprint density at radius 3 is 2.94 bits per heavy atom. The Labute approximate surface area is 91.7 Å². The minimum Gasteiger partial charge on any atom is -0.453 e. The molecule has 3 rings (SSSR count). The van der Waals surface area contributed by atoms with Gasteiger partial charge in [0.2, 0.25) is 0 Å². The number of rotatable bonds is 3. The van der Waals surface area contributed by atoms with Gasteiger partial charge in [-0.25, -0.2) is 9.48 Å². The van der Waals surface area contributed by atoms with Crippen LogP contribution in [0.15, 0.2) is 6.20 Å². The van der Waals surface area contributed by atoms with E-state index in [1.807, 2.05) is 0 Å². The number of ether oxygens (including phenoxy) is 2. The molecular weight excluding hydrogens is 212 g/mol. The van der Waals surface area contributed by atoms with Crippen molar-refractivity contribution in [1.29, 1.82) is 0 Å². The highest BCUT2D eigenvalue weighted by atomic mass is 16.6. The summed E-state index contributed by atoms with van der Waals surface area (Å²) in [5, 5.41) is 10.8. The van der Waals surface area contributed by atoms with Crippen molar-refractivity contribution in [3.05, 3.63) is 11.9 Å². The van der Waals surface area contributed by atoms with Gasteiger partial charge in [0.25, 0.3) is 0 Å². The fraction of sp³-hybridized carbons (Fsp3) is 0.667. The lowest BCUT2D eigenvalue weighted by molar-refractivity contribution is -0.103. The van der Waals surface area contributed by atoms with Gasteiger partial charge in [0, 0.05) is 13.1 Å². The first-order valence-corrected chi connectivity index (χ1v) is 5.24. The van der Waals surface area contributed by atoms with E-state index in [2.05, 4.69) is 15.6 Å². The van der Waals surface area contributed by atoms with E-state index in [1.54, 1.807) is 10.9 Å². The van der Waals surface area contributed by atoms with E-state index in [1.165, 1.54) is 0 Å². The molecule has 1 aromatic rings. The monoisotopic (exact) mass is 224 g/mol. The van der Waals surface area contributed by atoms with E-state index in [4.69, 9.17) is 9.47 Å². The first kappa shape index (κ1) is 9.73. The molecule has 1 N–H and O–H groups in total. The van der Waals surface area contributed by atoms with Crippen LogP contribution in [-0.4, -0.2) is 53.4 Å². The van der Waals surface area contributed by atoms with Gasteiger partial charge in [-0.1, -0.05) is 5.21 Å². The van der Waals surface area contributed by atoms with Gasteiger partial charge < -0.3 is 14.8 Å². The second kappa shape index (κ2) is 3.84. The molecule has 16 heavy (non-hydrogen) atoms. The van der Waals surface area contributed by atoms with Crippen molar-refractivity contribution < 1.29 is 14.3 Å². The molecule has 1 aromatic heterocycles. The highest BCUT2D eigenvalue weighted by molar-refractivity contribution is 5.86. The van der Waals surface area contributed by atoms with Gasteiger partial charge in [-0.2, -0.15) is 0 Å². The number of carbonyl (C=O) groups is 1. The normalized spacial score (nSPS) is 21.2. The lowest BCUT2D eigenvalue weighted by atomic mass is 10.2. The van der Waals surface area contributed by atoms with Crippen LogP contribution in [-0.2, 0) is 9.47 Å². The standard InChI is InChI=1S/C9H12N4O3/c14-9(16-7-4-15-5-7)8-3-13(12-11-8)6-1-10-2-6/h3,6-7,10H,1-2,4-5H2. The molecule has 0 radical (unpaired) electrons. The predicted octanol–water partition coefficient (Wildman–Crippen LogP) is -1.02. The van der Waals surface area contributed by atoms with Crippen LogP contribution in [0.25, 0.3) is 0 Å². The maximum Gasteiger partial charge on any atom is 0.360 e. The number of hydrogen-bond acceptors (Lipinski definition) is 6. The van der Waals surface area contributed by atoms with Crippen LogP contribution in [0.1, 0.15) is 16.5 Å². The lowest BCUT2D eigenvalue weighted by Gasteiger charge is -2.26. The smallest absolute Gasteiger partial charge is 0.360 e. The molecule has 7 nitrogen and oxygen atoms in total. The summed E-state index contributed by atoms with van der Waals surface area (Å²) in [6, 6.07) is 0.307. The number of carbonyl (C=O) groups excluding carboxylic acids is 1. The van der Waals surface area contributed by atoms with E-state index in [9.17, 15) is 4.79 Å². The van der Waals surface area contributed by atoms with Crippen molar-refractivity contribution in [3.8, 4) is 0 Å². The summed E-state index contributed by atoms with van der Waals surface area (Å²) in [4.78, 5) is 11.6. The molecule has 0 saturated carbocycles.